The summed E-state index contributed by atoms with van der Waals surface area (Å²) in [5.41, 5.74) is 3.07. The molecule has 0 saturated carbocycles. The zero-order chi connectivity index (χ0) is 16.5. The zero-order valence-electron chi connectivity index (χ0n) is 14.6. The van der Waals surface area contributed by atoms with Crippen LogP contribution in [0.25, 0.3) is 0 Å². The Morgan fingerprint density at radius 2 is 1.19 bits per heavy atom. The van der Waals surface area contributed by atoms with Gasteiger partial charge in [-0.25, -0.2) is 12.7 Å². The molecule has 0 saturated heterocycles. The lowest BCUT2D eigenvalue weighted by molar-refractivity contribution is 0.516. The van der Waals surface area contributed by atoms with Crippen molar-refractivity contribution >= 4 is 10.0 Å². The molecule has 0 fully saturated rings. The molecule has 1 aromatic rings. The molecule has 1 aromatic carbocycles. The Morgan fingerprint density at radius 3 is 1.43 bits per heavy atom. The smallest absolute Gasteiger partial charge is 0.207 e. The van der Waals surface area contributed by atoms with Crippen molar-refractivity contribution < 1.29 is 8.42 Å². The standard InChI is InChI=1S/C17H29NO2S/c1-11(2)14-9-15(12(3)4)17(16(10-14)13(5)6)21(19,20)18(7)8/h9-13H,1-8H3. The van der Waals surface area contributed by atoms with E-state index in [9.17, 15) is 8.42 Å². The molecule has 3 nitrogen and oxygen atoms in total. The number of nitrogens with zero attached hydrogens (tertiary/aromatic N) is 1. The summed E-state index contributed by atoms with van der Waals surface area (Å²) < 4.78 is 26.9. The van der Waals surface area contributed by atoms with Crippen LogP contribution in [0.2, 0.25) is 0 Å². The van der Waals surface area contributed by atoms with E-state index in [-0.39, 0.29) is 11.8 Å². The van der Waals surface area contributed by atoms with Gasteiger partial charge in [-0.05, 0) is 34.4 Å². The molecule has 0 bridgehead atoms. The second-order valence-electron chi connectivity index (χ2n) is 6.78. The zero-order valence-corrected chi connectivity index (χ0v) is 15.4. The molecule has 120 valence electrons. The van der Waals surface area contributed by atoms with Crippen LogP contribution in [0, 0.1) is 0 Å². The Morgan fingerprint density at radius 1 is 0.810 bits per heavy atom. The summed E-state index contributed by atoms with van der Waals surface area (Å²) in [6.07, 6.45) is 0. The molecule has 0 unspecified atom stereocenters. The molecular weight excluding hydrogens is 282 g/mol. The predicted octanol–water partition coefficient (Wildman–Crippen LogP) is 4.31. The molecule has 0 aliphatic rings. The van der Waals surface area contributed by atoms with E-state index in [1.54, 1.807) is 14.1 Å². The van der Waals surface area contributed by atoms with Crippen LogP contribution < -0.4 is 0 Å². The SMILES string of the molecule is CC(C)c1cc(C(C)C)c(S(=O)(=O)N(C)C)c(C(C)C)c1. The highest BCUT2D eigenvalue weighted by atomic mass is 32.2. The molecule has 0 atom stereocenters. The molecule has 0 amide bonds. The molecule has 0 aliphatic carbocycles. The summed E-state index contributed by atoms with van der Waals surface area (Å²) >= 11 is 0. The van der Waals surface area contributed by atoms with Crippen LogP contribution in [-0.4, -0.2) is 26.8 Å². The summed E-state index contributed by atoms with van der Waals surface area (Å²) in [6, 6.07) is 4.13. The van der Waals surface area contributed by atoms with Gasteiger partial charge in [0.05, 0.1) is 4.90 Å². The molecule has 1 rings (SSSR count). The molecule has 0 radical (unpaired) electrons. The van der Waals surface area contributed by atoms with Gasteiger partial charge in [0.1, 0.15) is 0 Å². The third-order valence-corrected chi connectivity index (χ3v) is 5.77. The van der Waals surface area contributed by atoms with Crippen LogP contribution in [0.4, 0.5) is 0 Å². The predicted molar refractivity (Wildman–Crippen MR) is 89.6 cm³/mol. The quantitative estimate of drug-likeness (QED) is 0.812. The third kappa shape index (κ3) is 3.67. The van der Waals surface area contributed by atoms with Crippen molar-refractivity contribution in [3.63, 3.8) is 0 Å². The van der Waals surface area contributed by atoms with E-state index in [4.69, 9.17) is 0 Å². The molecule has 4 heteroatoms. The van der Waals surface area contributed by atoms with Crippen LogP contribution in [0.1, 0.15) is 76.0 Å². The van der Waals surface area contributed by atoms with Crippen molar-refractivity contribution in [2.24, 2.45) is 0 Å². The minimum atomic E-state index is -3.44. The first kappa shape index (κ1) is 18.2. The van der Waals surface area contributed by atoms with Gasteiger partial charge in [0.2, 0.25) is 10.0 Å². The maximum atomic E-state index is 12.8. The van der Waals surface area contributed by atoms with Crippen LogP contribution in [-0.2, 0) is 10.0 Å². The van der Waals surface area contributed by atoms with Crippen LogP contribution in [0.15, 0.2) is 17.0 Å². The summed E-state index contributed by atoms with van der Waals surface area (Å²) in [4.78, 5) is 0.502. The minimum absolute atomic E-state index is 0.172. The third-order valence-electron chi connectivity index (χ3n) is 3.82. The lowest BCUT2D eigenvalue weighted by atomic mass is 9.89. The van der Waals surface area contributed by atoms with E-state index in [0.717, 1.165) is 11.1 Å². The lowest BCUT2D eigenvalue weighted by Gasteiger charge is -2.24. The van der Waals surface area contributed by atoms with Crippen molar-refractivity contribution in [3.05, 3.63) is 28.8 Å². The summed E-state index contributed by atoms with van der Waals surface area (Å²) in [7, 11) is -0.243. The van der Waals surface area contributed by atoms with E-state index >= 15 is 0 Å². The number of benzene rings is 1. The molecule has 21 heavy (non-hydrogen) atoms. The first-order chi connectivity index (χ1) is 9.50. The van der Waals surface area contributed by atoms with Crippen molar-refractivity contribution in [3.8, 4) is 0 Å². The van der Waals surface area contributed by atoms with E-state index in [2.05, 4.69) is 53.7 Å². The Hall–Kier alpha value is -0.870. The van der Waals surface area contributed by atoms with Gasteiger partial charge in [-0.15, -0.1) is 0 Å². The Labute approximate surface area is 130 Å². The molecule has 0 heterocycles. The Kier molecular flexibility index (Phi) is 5.62. The van der Waals surface area contributed by atoms with Crippen molar-refractivity contribution in [2.45, 2.75) is 64.2 Å². The largest absolute Gasteiger partial charge is 0.243 e. The van der Waals surface area contributed by atoms with Crippen molar-refractivity contribution in [2.75, 3.05) is 14.1 Å². The highest BCUT2D eigenvalue weighted by Gasteiger charge is 2.28. The molecule has 0 aromatic heterocycles. The topological polar surface area (TPSA) is 37.4 Å². The lowest BCUT2D eigenvalue weighted by Crippen LogP contribution is -2.25. The number of sulfonamides is 1. The van der Waals surface area contributed by atoms with E-state index in [0.29, 0.717) is 10.8 Å². The maximum absolute atomic E-state index is 12.8. The van der Waals surface area contributed by atoms with Crippen LogP contribution in [0.5, 0.6) is 0 Å². The van der Waals surface area contributed by atoms with E-state index in [1.165, 1.54) is 9.87 Å². The fraction of sp³-hybridized carbons (Fsp3) is 0.647. The van der Waals surface area contributed by atoms with Crippen molar-refractivity contribution in [1.82, 2.24) is 4.31 Å². The average molecular weight is 311 g/mol. The minimum Gasteiger partial charge on any atom is -0.207 e. The maximum Gasteiger partial charge on any atom is 0.243 e. The van der Waals surface area contributed by atoms with Gasteiger partial charge in [0, 0.05) is 14.1 Å². The van der Waals surface area contributed by atoms with Gasteiger partial charge in [-0.3, -0.25) is 0 Å². The monoisotopic (exact) mass is 311 g/mol. The first-order valence-electron chi connectivity index (χ1n) is 7.60. The van der Waals surface area contributed by atoms with Gasteiger partial charge in [-0.2, -0.15) is 0 Å². The number of hydrogen-bond donors (Lipinski definition) is 0. The summed E-state index contributed by atoms with van der Waals surface area (Å²) in [5.74, 6) is 0.730. The van der Waals surface area contributed by atoms with Gasteiger partial charge in [0.25, 0.3) is 0 Å². The fourth-order valence-electron chi connectivity index (χ4n) is 2.37. The Balaban J connectivity index is 3.83. The summed E-state index contributed by atoms with van der Waals surface area (Å²) in [5, 5.41) is 0. The number of rotatable bonds is 5. The second kappa shape index (κ2) is 6.49. The van der Waals surface area contributed by atoms with E-state index < -0.39 is 10.0 Å². The van der Waals surface area contributed by atoms with Gasteiger partial charge >= 0.3 is 0 Å². The van der Waals surface area contributed by atoms with Crippen molar-refractivity contribution in [1.29, 1.82) is 0 Å². The van der Waals surface area contributed by atoms with Crippen LogP contribution in [0.3, 0.4) is 0 Å². The van der Waals surface area contributed by atoms with Gasteiger partial charge in [0.15, 0.2) is 0 Å². The number of hydrogen-bond acceptors (Lipinski definition) is 2. The molecule has 0 aliphatic heterocycles. The fourth-order valence-corrected chi connectivity index (χ4v) is 3.92. The first-order valence-corrected chi connectivity index (χ1v) is 9.04. The average Bonchev–Trinajstić information content (AvgIpc) is 2.36. The second-order valence-corrected chi connectivity index (χ2v) is 8.87. The summed E-state index contributed by atoms with van der Waals surface area (Å²) in [6.45, 7) is 12.5. The highest BCUT2D eigenvalue weighted by molar-refractivity contribution is 7.89. The molecule has 0 spiro atoms. The Bertz CT molecular complexity index is 570. The normalized spacial score (nSPS) is 13.0. The molecule has 0 N–H and O–H groups in total. The van der Waals surface area contributed by atoms with Gasteiger partial charge in [-0.1, -0.05) is 53.7 Å². The van der Waals surface area contributed by atoms with Gasteiger partial charge < -0.3 is 0 Å². The highest BCUT2D eigenvalue weighted by Crippen LogP contribution is 2.35. The molecular formula is C17H29NO2S. The van der Waals surface area contributed by atoms with Crippen LogP contribution >= 0.6 is 0 Å². The van der Waals surface area contributed by atoms with E-state index in [1.807, 2.05) is 0 Å².